The molecule has 4 aliphatic heterocycles. The summed E-state index contributed by atoms with van der Waals surface area (Å²) in [4.78, 5) is 13.0. The van der Waals surface area contributed by atoms with Crippen LogP contribution in [0.3, 0.4) is 0 Å². The Morgan fingerprint density at radius 3 is 0.713 bits per heavy atom. The Bertz CT molecular complexity index is 3650. The minimum atomic E-state index is -1.18. The van der Waals surface area contributed by atoms with E-state index in [1.165, 1.54) is 6.92 Å². The summed E-state index contributed by atoms with van der Waals surface area (Å²) in [7, 11) is 0. The zero-order valence-electron chi connectivity index (χ0n) is 58.1. The highest BCUT2D eigenvalue weighted by Gasteiger charge is 2.57. The van der Waals surface area contributed by atoms with Crippen molar-refractivity contribution in [3.8, 4) is 0 Å². The van der Waals surface area contributed by atoms with Crippen LogP contribution in [0.1, 0.15) is 79.1 Å². The molecule has 0 aliphatic carbocycles. The molecule has 534 valence electrons. The van der Waals surface area contributed by atoms with E-state index in [9.17, 15) is 4.79 Å². The van der Waals surface area contributed by atoms with Gasteiger partial charge in [-0.05, 0) is 78.5 Å². The van der Waals surface area contributed by atoms with Crippen LogP contribution >= 0.6 is 11.8 Å². The predicted octanol–water partition coefficient (Wildman–Crippen LogP) is 14.1. The van der Waals surface area contributed by atoms with E-state index in [1.54, 1.807) is 11.8 Å². The van der Waals surface area contributed by atoms with E-state index in [0.29, 0.717) is 6.61 Å². The number of carbonyl (C=O) groups is 1. The zero-order chi connectivity index (χ0) is 69.7. The van der Waals surface area contributed by atoms with Gasteiger partial charge in [0, 0.05) is 6.92 Å². The van der Waals surface area contributed by atoms with Crippen molar-refractivity contribution in [1.82, 2.24) is 0 Å². The van der Waals surface area contributed by atoms with Crippen LogP contribution in [0.15, 0.2) is 243 Å². The van der Waals surface area contributed by atoms with Gasteiger partial charge in [0.15, 0.2) is 25.0 Å². The molecule has 0 radical (unpaired) electrons. The van der Waals surface area contributed by atoms with Crippen molar-refractivity contribution in [3.05, 3.63) is 287 Å². The quantitative estimate of drug-likeness (QED) is 0.0365. The minimum Gasteiger partial charge on any atom is -0.457 e. The first kappa shape index (κ1) is 73.7. The maximum Gasteiger partial charge on any atom is 0.303 e. The Morgan fingerprint density at radius 2 is 0.475 bits per heavy atom. The van der Waals surface area contributed by atoms with Crippen LogP contribution in [-0.2, 0) is 133 Å². The third kappa shape index (κ3) is 20.2. The average Bonchev–Trinajstić information content (AvgIpc) is 0.768. The average molecular weight is 1400 g/mol. The smallest absolute Gasteiger partial charge is 0.303 e. The SMILES string of the molecule is CS[C@@H]1O[C@@H](C)[C@H](O[C@@H]2O[C@@H](C)[C@H](O[C@@H]3O[C@@H](C)[C@H](O[C@@H]4O[C@@H](C)[C@H](OC(C)=O)[C@@H](OCc5ccccc5)[C@H]4OCc4ccccc4)[C@@H](OCc4ccccc4)[C@H]3OCc3ccccc3)[C@@H](OCc3ccccc3)[C@H]2OCc2ccccc2)[C@@H](OCc2ccccc2)[C@H]1OCc1ccccc1. The van der Waals surface area contributed by atoms with Crippen molar-refractivity contribution in [2.75, 3.05) is 6.26 Å². The lowest BCUT2D eigenvalue weighted by atomic mass is 9.95. The van der Waals surface area contributed by atoms with Crippen LogP contribution in [0.2, 0.25) is 0 Å². The molecule has 0 saturated carbocycles. The number of ether oxygens (including phenoxy) is 16. The van der Waals surface area contributed by atoms with E-state index in [-0.39, 0.29) is 46.2 Å². The molecule has 17 nitrogen and oxygen atoms in total. The summed E-state index contributed by atoms with van der Waals surface area (Å²) in [5.41, 5.74) is 7.06. The van der Waals surface area contributed by atoms with Gasteiger partial charge in [0.1, 0.15) is 72.6 Å². The lowest BCUT2D eigenvalue weighted by Gasteiger charge is -2.52. The molecular formula is C83H94O17S. The fourth-order valence-corrected chi connectivity index (χ4v) is 14.2. The number of hydrogen-bond donors (Lipinski definition) is 0. The van der Waals surface area contributed by atoms with Crippen molar-refractivity contribution in [2.45, 2.75) is 209 Å². The lowest BCUT2D eigenvalue weighted by Crippen LogP contribution is -2.67. The molecule has 0 spiro atoms. The Hall–Kier alpha value is -7.02. The summed E-state index contributed by atoms with van der Waals surface area (Å²) in [5, 5.41) is 0. The summed E-state index contributed by atoms with van der Waals surface area (Å²) in [5.74, 6) is -0.496. The maximum atomic E-state index is 13.0. The minimum absolute atomic E-state index is 0.131. The summed E-state index contributed by atoms with van der Waals surface area (Å²) in [6, 6.07) is 79.6. The van der Waals surface area contributed by atoms with Crippen LogP contribution in [-0.4, -0.2) is 134 Å². The largest absolute Gasteiger partial charge is 0.457 e. The van der Waals surface area contributed by atoms with Gasteiger partial charge in [0.05, 0.1) is 77.3 Å². The maximum absolute atomic E-state index is 13.0. The Labute approximate surface area is 598 Å². The molecule has 101 heavy (non-hydrogen) atoms. The van der Waals surface area contributed by atoms with E-state index < -0.39 is 128 Å². The third-order valence-electron chi connectivity index (χ3n) is 18.6. The summed E-state index contributed by atoms with van der Waals surface area (Å²) in [6.07, 6.45) is -14.7. The van der Waals surface area contributed by atoms with Crippen LogP contribution in [0.5, 0.6) is 0 Å². The second-order valence-corrected chi connectivity index (χ2v) is 27.0. The Morgan fingerprint density at radius 1 is 0.277 bits per heavy atom. The van der Waals surface area contributed by atoms with E-state index in [2.05, 4.69) is 0 Å². The van der Waals surface area contributed by atoms with Crippen molar-refractivity contribution in [1.29, 1.82) is 0 Å². The zero-order valence-corrected chi connectivity index (χ0v) is 59.0. The number of benzene rings is 8. The Kier molecular flexibility index (Phi) is 27.3. The highest BCUT2D eigenvalue weighted by Crippen LogP contribution is 2.41. The topological polar surface area (TPSA) is 165 Å². The number of thioether (sulfide) groups is 1. The molecule has 0 N–H and O–H groups in total. The fraction of sp³-hybridized carbons (Fsp3) is 0.410. The van der Waals surface area contributed by atoms with Gasteiger partial charge in [-0.3, -0.25) is 4.79 Å². The predicted molar refractivity (Wildman–Crippen MR) is 381 cm³/mol. The first-order valence-corrected chi connectivity index (χ1v) is 36.3. The molecule has 12 rings (SSSR count). The molecule has 0 aromatic heterocycles. The molecule has 0 unspecified atom stereocenters. The molecular weight excluding hydrogens is 1300 g/mol. The van der Waals surface area contributed by atoms with Gasteiger partial charge in [-0.15, -0.1) is 11.8 Å². The molecule has 18 heteroatoms. The third-order valence-corrected chi connectivity index (χ3v) is 19.4. The molecule has 4 heterocycles. The van der Waals surface area contributed by atoms with E-state index in [0.717, 1.165) is 44.5 Å². The van der Waals surface area contributed by atoms with Crippen molar-refractivity contribution >= 4 is 17.7 Å². The molecule has 4 saturated heterocycles. The molecule has 0 amide bonds. The van der Waals surface area contributed by atoms with Gasteiger partial charge >= 0.3 is 5.97 Å². The standard InChI is InChI=1S/C83H94O17S/c1-55-68(97-59(5)84)72(85-47-60-31-15-7-16-32-60)76(89-51-64-39-23-11-24-40-64)80(93-55)98-69-56(2)94-81(77(90-52-65-41-25-12-26-42-65)73(69)86-48-61-33-17-8-18-34-61)99-70-57(3)95-82(78(91-53-66-43-27-13-28-44-66)74(70)87-49-62-35-19-9-20-36-62)100-71-58(4)96-83(101-6)79(92-54-67-45-29-14-30-46-67)75(71)88-50-63-37-21-10-22-38-63/h7-46,55-58,68-83H,47-54H2,1-6H3/t55-,56-,57-,58-,68-,69-,70-,71-,72+,73+,74+,75+,76+,77+,78+,79+,80-,81-,82-,83-/m0/s1. The first-order chi connectivity index (χ1) is 49.5. The van der Waals surface area contributed by atoms with Crippen molar-refractivity contribution < 1.29 is 80.6 Å². The summed E-state index contributed by atoms with van der Waals surface area (Å²) < 4.78 is 114. The van der Waals surface area contributed by atoms with Crippen LogP contribution in [0.25, 0.3) is 0 Å². The van der Waals surface area contributed by atoms with E-state index in [1.807, 2.05) is 277 Å². The van der Waals surface area contributed by atoms with Gasteiger partial charge < -0.3 is 75.8 Å². The van der Waals surface area contributed by atoms with E-state index in [4.69, 9.17) is 75.8 Å². The van der Waals surface area contributed by atoms with Crippen molar-refractivity contribution in [2.24, 2.45) is 0 Å². The number of hydrogen-bond acceptors (Lipinski definition) is 18. The number of carbonyl (C=O) groups excluding carboxylic acids is 1. The highest BCUT2D eigenvalue weighted by molar-refractivity contribution is 7.99. The van der Waals surface area contributed by atoms with Gasteiger partial charge in [-0.25, -0.2) is 0 Å². The van der Waals surface area contributed by atoms with Crippen LogP contribution in [0.4, 0.5) is 0 Å². The highest BCUT2D eigenvalue weighted by atomic mass is 32.2. The van der Waals surface area contributed by atoms with E-state index >= 15 is 0 Å². The van der Waals surface area contributed by atoms with Gasteiger partial charge in [0.25, 0.3) is 0 Å². The molecule has 4 aliphatic rings. The first-order valence-electron chi connectivity index (χ1n) is 35.0. The summed E-state index contributed by atoms with van der Waals surface area (Å²) in [6.45, 7) is 10.6. The molecule has 8 aromatic carbocycles. The molecule has 20 atom stereocenters. The fourth-order valence-electron chi connectivity index (χ4n) is 13.4. The second kappa shape index (κ2) is 37.4. The van der Waals surface area contributed by atoms with Crippen molar-refractivity contribution in [3.63, 3.8) is 0 Å². The second-order valence-electron chi connectivity index (χ2n) is 26.0. The van der Waals surface area contributed by atoms with Crippen LogP contribution in [0, 0.1) is 0 Å². The lowest BCUT2D eigenvalue weighted by molar-refractivity contribution is -0.392. The van der Waals surface area contributed by atoms with Gasteiger partial charge in [-0.1, -0.05) is 243 Å². The van der Waals surface area contributed by atoms with Gasteiger partial charge in [-0.2, -0.15) is 0 Å². The molecule has 8 aromatic rings. The molecule has 4 fully saturated rings. The molecule has 0 bridgehead atoms. The monoisotopic (exact) mass is 1390 g/mol. The van der Waals surface area contributed by atoms with Crippen LogP contribution < -0.4 is 0 Å². The van der Waals surface area contributed by atoms with Gasteiger partial charge in [0.2, 0.25) is 0 Å². The normalized spacial score (nSPS) is 29.8. The summed E-state index contributed by atoms with van der Waals surface area (Å²) >= 11 is 1.57. The number of esters is 1. The number of rotatable bonds is 32. The Balaban J connectivity index is 0.909.